The summed E-state index contributed by atoms with van der Waals surface area (Å²) in [6.07, 6.45) is 4.59. The molecule has 1 aliphatic rings. The molecule has 5 heteroatoms. The molecule has 1 fully saturated rings. The van der Waals surface area contributed by atoms with Gasteiger partial charge >= 0.3 is 0 Å². The van der Waals surface area contributed by atoms with E-state index in [4.69, 9.17) is 4.98 Å². The minimum absolute atomic E-state index is 0.636. The maximum absolute atomic E-state index is 4.70. The van der Waals surface area contributed by atoms with Crippen molar-refractivity contribution in [1.82, 2.24) is 14.9 Å². The summed E-state index contributed by atoms with van der Waals surface area (Å²) in [5.74, 6) is 2.85. The third kappa shape index (κ3) is 3.84. The van der Waals surface area contributed by atoms with Crippen molar-refractivity contribution in [1.29, 1.82) is 0 Å². The van der Waals surface area contributed by atoms with Gasteiger partial charge in [-0.3, -0.25) is 4.90 Å². The van der Waals surface area contributed by atoms with Gasteiger partial charge < -0.3 is 10.6 Å². The van der Waals surface area contributed by atoms with Gasteiger partial charge in [0.2, 0.25) is 0 Å². The number of aryl methyl sites for hydroxylation is 1. The Kier molecular flexibility index (Phi) is 5.79. The molecule has 2 heterocycles. The highest BCUT2D eigenvalue weighted by Crippen LogP contribution is 2.22. The minimum Gasteiger partial charge on any atom is -0.373 e. The first kappa shape index (κ1) is 16.0. The van der Waals surface area contributed by atoms with E-state index in [-0.39, 0.29) is 0 Å². The van der Waals surface area contributed by atoms with Crippen molar-refractivity contribution in [3.63, 3.8) is 0 Å². The molecule has 0 amide bonds. The summed E-state index contributed by atoms with van der Waals surface area (Å²) in [5, 5.41) is 6.74. The summed E-state index contributed by atoms with van der Waals surface area (Å²) >= 11 is 0. The van der Waals surface area contributed by atoms with E-state index < -0.39 is 0 Å². The minimum atomic E-state index is 0.636. The van der Waals surface area contributed by atoms with Gasteiger partial charge in [0, 0.05) is 31.6 Å². The van der Waals surface area contributed by atoms with E-state index in [0.29, 0.717) is 6.04 Å². The van der Waals surface area contributed by atoms with Crippen molar-refractivity contribution in [2.24, 2.45) is 0 Å². The maximum atomic E-state index is 4.70. The van der Waals surface area contributed by atoms with Gasteiger partial charge in [-0.15, -0.1) is 0 Å². The summed E-state index contributed by atoms with van der Waals surface area (Å²) in [6.45, 7) is 9.82. The van der Waals surface area contributed by atoms with Crippen LogP contribution in [0.25, 0.3) is 0 Å². The summed E-state index contributed by atoms with van der Waals surface area (Å²) in [4.78, 5) is 11.8. The normalized spacial score (nSPS) is 19.0. The first-order chi connectivity index (χ1) is 10.2. The zero-order valence-electron chi connectivity index (χ0n) is 13.9. The van der Waals surface area contributed by atoms with E-state index in [2.05, 4.69) is 41.3 Å². The number of rotatable bonds is 7. The molecule has 1 unspecified atom stereocenters. The lowest BCUT2D eigenvalue weighted by Crippen LogP contribution is -2.35. The lowest BCUT2D eigenvalue weighted by Gasteiger charge is -2.24. The second-order valence-corrected chi connectivity index (χ2v) is 5.77. The van der Waals surface area contributed by atoms with Gasteiger partial charge in [0.1, 0.15) is 17.5 Å². The zero-order chi connectivity index (χ0) is 15.2. The highest BCUT2D eigenvalue weighted by atomic mass is 15.2. The van der Waals surface area contributed by atoms with Gasteiger partial charge in [-0.25, -0.2) is 9.97 Å². The summed E-state index contributed by atoms with van der Waals surface area (Å²) in [7, 11) is 1.92. The van der Waals surface area contributed by atoms with Crippen molar-refractivity contribution in [2.45, 2.75) is 52.5 Å². The number of likely N-dealkylation sites (N-methyl/N-ethyl adjacent to an activating group) is 1. The fourth-order valence-corrected chi connectivity index (χ4v) is 3.07. The lowest BCUT2D eigenvalue weighted by molar-refractivity contribution is 0.277. The Hall–Kier alpha value is -1.36. The molecule has 1 aliphatic heterocycles. The molecule has 0 bridgehead atoms. The van der Waals surface area contributed by atoms with Crippen LogP contribution < -0.4 is 10.6 Å². The van der Waals surface area contributed by atoms with E-state index >= 15 is 0 Å². The van der Waals surface area contributed by atoms with Crippen LogP contribution in [0.1, 0.15) is 44.5 Å². The van der Waals surface area contributed by atoms with Crippen LogP contribution in [-0.2, 0) is 6.42 Å². The zero-order valence-corrected chi connectivity index (χ0v) is 13.9. The first-order valence-corrected chi connectivity index (χ1v) is 8.22. The number of hydrogen-bond donors (Lipinski definition) is 2. The molecule has 118 valence electrons. The molecule has 0 aliphatic carbocycles. The summed E-state index contributed by atoms with van der Waals surface area (Å²) < 4.78 is 0. The van der Waals surface area contributed by atoms with Gasteiger partial charge in [-0.2, -0.15) is 0 Å². The number of hydrogen-bond acceptors (Lipinski definition) is 5. The van der Waals surface area contributed by atoms with Crippen LogP contribution in [0.15, 0.2) is 0 Å². The topological polar surface area (TPSA) is 53.1 Å². The van der Waals surface area contributed by atoms with Crippen LogP contribution in [0.2, 0.25) is 0 Å². The molecule has 0 spiro atoms. The van der Waals surface area contributed by atoms with Crippen molar-refractivity contribution in [2.75, 3.05) is 37.3 Å². The maximum Gasteiger partial charge on any atom is 0.134 e. The van der Waals surface area contributed by atoms with Crippen molar-refractivity contribution in [3.05, 3.63) is 11.4 Å². The molecule has 1 aromatic rings. The fraction of sp³-hybridized carbons (Fsp3) is 0.750. The average Bonchev–Trinajstić information content (AvgIpc) is 2.95. The van der Waals surface area contributed by atoms with Crippen LogP contribution >= 0.6 is 0 Å². The highest BCUT2D eigenvalue weighted by molar-refractivity contribution is 5.57. The predicted molar refractivity (Wildman–Crippen MR) is 89.1 cm³/mol. The number of nitrogens with one attached hydrogen (secondary N) is 2. The van der Waals surface area contributed by atoms with Crippen LogP contribution in [0.3, 0.4) is 0 Å². The second kappa shape index (κ2) is 7.59. The van der Waals surface area contributed by atoms with Gasteiger partial charge in [-0.1, -0.05) is 13.8 Å². The Morgan fingerprint density at radius 2 is 2.00 bits per heavy atom. The second-order valence-electron chi connectivity index (χ2n) is 5.77. The van der Waals surface area contributed by atoms with Crippen LogP contribution in [-0.4, -0.2) is 47.6 Å². The molecule has 1 aromatic heterocycles. The van der Waals surface area contributed by atoms with Crippen LogP contribution in [0.4, 0.5) is 11.6 Å². The van der Waals surface area contributed by atoms with Crippen molar-refractivity contribution >= 4 is 11.6 Å². The summed E-state index contributed by atoms with van der Waals surface area (Å²) in [5.41, 5.74) is 1.11. The highest BCUT2D eigenvalue weighted by Gasteiger charge is 2.23. The number of nitrogens with zero attached hydrogens (tertiary/aromatic N) is 3. The van der Waals surface area contributed by atoms with Gasteiger partial charge in [0.05, 0.1) is 0 Å². The third-order valence-electron chi connectivity index (χ3n) is 4.31. The van der Waals surface area contributed by atoms with E-state index in [9.17, 15) is 0 Å². The molecular weight excluding hydrogens is 262 g/mol. The standard InChI is InChI=1S/C16H29N5/c1-5-8-14-19-15(17-4)12(3)16(20-14)18-11-13-9-7-10-21(13)6-2/h13H,5-11H2,1-4H3,(H2,17,18,19,20). The van der Waals surface area contributed by atoms with Gasteiger partial charge in [0.15, 0.2) is 0 Å². The smallest absolute Gasteiger partial charge is 0.134 e. The molecule has 0 saturated carbocycles. The Morgan fingerprint density at radius 1 is 1.24 bits per heavy atom. The van der Waals surface area contributed by atoms with Crippen LogP contribution in [0, 0.1) is 6.92 Å². The molecular formula is C16H29N5. The van der Waals surface area contributed by atoms with Crippen molar-refractivity contribution < 1.29 is 0 Å². The fourth-order valence-electron chi connectivity index (χ4n) is 3.07. The molecule has 2 N–H and O–H groups in total. The monoisotopic (exact) mass is 291 g/mol. The molecule has 1 atom stereocenters. The van der Waals surface area contributed by atoms with Gasteiger partial charge in [-0.05, 0) is 39.3 Å². The third-order valence-corrected chi connectivity index (χ3v) is 4.31. The Labute approximate surface area is 128 Å². The first-order valence-electron chi connectivity index (χ1n) is 8.22. The van der Waals surface area contributed by atoms with E-state index in [0.717, 1.165) is 49.0 Å². The average molecular weight is 291 g/mol. The molecule has 0 aromatic carbocycles. The molecule has 2 rings (SSSR count). The number of anilines is 2. The lowest BCUT2D eigenvalue weighted by atomic mass is 10.2. The van der Waals surface area contributed by atoms with Crippen molar-refractivity contribution in [3.8, 4) is 0 Å². The molecule has 0 radical (unpaired) electrons. The Bertz CT molecular complexity index is 460. The van der Waals surface area contributed by atoms with E-state index in [1.807, 2.05) is 7.05 Å². The quantitative estimate of drug-likeness (QED) is 0.809. The van der Waals surface area contributed by atoms with Crippen LogP contribution in [0.5, 0.6) is 0 Å². The van der Waals surface area contributed by atoms with E-state index in [1.54, 1.807) is 0 Å². The number of aromatic nitrogens is 2. The van der Waals surface area contributed by atoms with E-state index in [1.165, 1.54) is 19.4 Å². The SMILES string of the molecule is CCCc1nc(NC)c(C)c(NCC2CCCN2CC)n1. The van der Waals surface area contributed by atoms with Gasteiger partial charge in [0.25, 0.3) is 0 Å². The molecule has 5 nitrogen and oxygen atoms in total. The molecule has 1 saturated heterocycles. The molecule has 21 heavy (non-hydrogen) atoms. The largest absolute Gasteiger partial charge is 0.373 e. The Balaban J connectivity index is 2.09. The predicted octanol–water partition coefficient (Wildman–Crippen LogP) is 2.68. The summed E-state index contributed by atoms with van der Waals surface area (Å²) in [6, 6.07) is 0.636. The Morgan fingerprint density at radius 3 is 2.67 bits per heavy atom. The number of likely N-dealkylation sites (tertiary alicyclic amines) is 1.